The molecule has 0 aromatic rings. The molecule has 3 aliphatic rings. The lowest BCUT2D eigenvalue weighted by Gasteiger charge is -2.33. The fraction of sp³-hybridized carbons (Fsp3) is 0.905. The highest BCUT2D eigenvalue weighted by molar-refractivity contribution is 6.06. The van der Waals surface area contributed by atoms with Crippen molar-refractivity contribution in [1.29, 1.82) is 0 Å². The Bertz CT molecular complexity index is 478. The Morgan fingerprint density at radius 2 is 1.64 bits per heavy atom. The van der Waals surface area contributed by atoms with Crippen molar-refractivity contribution in [1.82, 2.24) is 4.90 Å². The molecule has 0 radical (unpaired) electrons. The monoisotopic (exact) mass is 347 g/mol. The summed E-state index contributed by atoms with van der Waals surface area (Å²) in [5, 5.41) is 0. The van der Waals surface area contributed by atoms with E-state index in [2.05, 4.69) is 6.92 Å². The second-order valence-electron chi connectivity index (χ2n) is 8.73. The summed E-state index contributed by atoms with van der Waals surface area (Å²) >= 11 is 0. The second kappa shape index (κ2) is 8.55. The minimum Gasteiger partial charge on any atom is -0.369 e. The molecule has 142 valence electrons. The van der Waals surface area contributed by atoms with Gasteiger partial charge in [-0.2, -0.15) is 0 Å². The number of rotatable bonds is 7. The first kappa shape index (κ1) is 18.7. The minimum atomic E-state index is -0.545. The first-order valence-corrected chi connectivity index (χ1v) is 10.8. The quantitative estimate of drug-likeness (QED) is 0.730. The van der Waals surface area contributed by atoms with Crippen LogP contribution in [0.3, 0.4) is 0 Å². The fourth-order valence-corrected chi connectivity index (χ4v) is 5.22. The van der Waals surface area contributed by atoms with Gasteiger partial charge in [-0.15, -0.1) is 0 Å². The Labute approximate surface area is 153 Å². The van der Waals surface area contributed by atoms with Gasteiger partial charge in [0.25, 0.3) is 5.91 Å². The summed E-state index contributed by atoms with van der Waals surface area (Å²) in [4.78, 5) is 20.1. The Kier molecular flexibility index (Phi) is 6.40. The number of aliphatic imine (C=N–C) groups is 1. The van der Waals surface area contributed by atoms with E-state index < -0.39 is 5.54 Å². The van der Waals surface area contributed by atoms with Crippen molar-refractivity contribution in [2.45, 2.75) is 102 Å². The molecule has 4 nitrogen and oxygen atoms in total. The number of carbonyl (C=O) groups excluding carboxylic acids is 1. The molecule has 0 bridgehead atoms. The van der Waals surface area contributed by atoms with Crippen LogP contribution in [0, 0.1) is 11.8 Å². The topological polar surface area (TPSA) is 58.7 Å². The largest absolute Gasteiger partial charge is 0.369 e. The van der Waals surface area contributed by atoms with Crippen LogP contribution in [0.2, 0.25) is 0 Å². The highest BCUT2D eigenvalue weighted by Crippen LogP contribution is 2.39. The molecule has 1 heterocycles. The van der Waals surface area contributed by atoms with Crippen LogP contribution >= 0.6 is 0 Å². The summed E-state index contributed by atoms with van der Waals surface area (Å²) in [5.74, 6) is 1.99. The van der Waals surface area contributed by atoms with E-state index in [-0.39, 0.29) is 5.91 Å². The van der Waals surface area contributed by atoms with Crippen LogP contribution in [0.1, 0.15) is 96.8 Å². The molecule has 25 heavy (non-hydrogen) atoms. The van der Waals surface area contributed by atoms with Crippen molar-refractivity contribution in [3.8, 4) is 0 Å². The summed E-state index contributed by atoms with van der Waals surface area (Å²) in [7, 11) is 0. The van der Waals surface area contributed by atoms with Gasteiger partial charge in [-0.1, -0.05) is 71.1 Å². The van der Waals surface area contributed by atoms with Crippen molar-refractivity contribution in [3.63, 3.8) is 0 Å². The molecule has 0 aromatic heterocycles. The van der Waals surface area contributed by atoms with Crippen LogP contribution < -0.4 is 5.73 Å². The molecular formula is C21H37N3O. The molecule has 0 aromatic carbocycles. The van der Waals surface area contributed by atoms with E-state index in [0.717, 1.165) is 32.2 Å². The predicted octanol–water partition coefficient (Wildman–Crippen LogP) is 4.62. The van der Waals surface area contributed by atoms with Gasteiger partial charge < -0.3 is 5.73 Å². The first-order chi connectivity index (χ1) is 12.1. The number of hydrogen-bond acceptors (Lipinski definition) is 3. The highest BCUT2D eigenvalue weighted by Gasteiger charge is 2.48. The summed E-state index contributed by atoms with van der Waals surface area (Å²) in [6.07, 6.45) is 16.9. The Hall–Kier alpha value is -1.06. The van der Waals surface area contributed by atoms with Crippen LogP contribution in [-0.4, -0.2) is 28.9 Å². The average molecular weight is 348 g/mol. The first-order valence-electron chi connectivity index (χ1n) is 10.8. The third-order valence-electron chi connectivity index (χ3n) is 6.71. The lowest BCUT2D eigenvalue weighted by molar-refractivity contribution is -0.132. The van der Waals surface area contributed by atoms with Gasteiger partial charge in [0.15, 0.2) is 5.96 Å². The maximum absolute atomic E-state index is 13.4. The molecule has 1 unspecified atom stereocenters. The van der Waals surface area contributed by atoms with Crippen molar-refractivity contribution in [2.24, 2.45) is 22.6 Å². The van der Waals surface area contributed by atoms with Crippen molar-refractivity contribution >= 4 is 11.9 Å². The smallest absolute Gasteiger partial charge is 0.257 e. The molecule has 2 N–H and O–H groups in total. The number of unbranched alkanes of at least 4 members (excludes halogenated alkanes) is 1. The van der Waals surface area contributed by atoms with E-state index in [1.165, 1.54) is 64.2 Å². The number of nitrogens with zero attached hydrogens (tertiary/aromatic N) is 2. The van der Waals surface area contributed by atoms with E-state index in [9.17, 15) is 4.79 Å². The zero-order valence-corrected chi connectivity index (χ0v) is 16.1. The normalized spacial score (nSPS) is 29.2. The molecule has 0 saturated heterocycles. The van der Waals surface area contributed by atoms with Crippen molar-refractivity contribution in [2.75, 3.05) is 6.54 Å². The SMILES string of the molecule is CCCCC1(CC2CCCCC2)N=C(N)N(CC2CCCCC2)C1=O. The number of nitrogens with two attached hydrogens (primary N) is 1. The van der Waals surface area contributed by atoms with Crippen molar-refractivity contribution in [3.05, 3.63) is 0 Å². The zero-order chi connectivity index (χ0) is 17.7. The maximum Gasteiger partial charge on any atom is 0.257 e. The standard InChI is InChI=1S/C21H37N3O/c1-2-3-14-21(15-17-10-6-4-7-11-17)19(25)24(20(22)23-21)16-18-12-8-5-9-13-18/h17-18H,2-16H2,1H3,(H2,22,23). The van der Waals surface area contributed by atoms with Crippen LogP contribution in [0.4, 0.5) is 0 Å². The Balaban J connectivity index is 1.71. The van der Waals surface area contributed by atoms with E-state index in [0.29, 0.717) is 17.8 Å². The van der Waals surface area contributed by atoms with Gasteiger partial charge in [0.1, 0.15) is 5.54 Å². The highest BCUT2D eigenvalue weighted by atomic mass is 16.2. The summed E-state index contributed by atoms with van der Waals surface area (Å²) in [6, 6.07) is 0. The fourth-order valence-electron chi connectivity index (χ4n) is 5.22. The number of amides is 1. The molecule has 1 atom stereocenters. The number of guanidine groups is 1. The van der Waals surface area contributed by atoms with Crippen LogP contribution in [0.15, 0.2) is 4.99 Å². The summed E-state index contributed by atoms with van der Waals surface area (Å²) < 4.78 is 0. The second-order valence-corrected chi connectivity index (χ2v) is 8.73. The van der Waals surface area contributed by atoms with Gasteiger partial charge in [-0.3, -0.25) is 9.69 Å². The molecule has 2 aliphatic carbocycles. The average Bonchev–Trinajstić information content (AvgIpc) is 2.86. The van der Waals surface area contributed by atoms with E-state index in [4.69, 9.17) is 10.7 Å². The third-order valence-corrected chi connectivity index (χ3v) is 6.71. The van der Waals surface area contributed by atoms with Gasteiger partial charge in [-0.25, -0.2) is 4.99 Å². The van der Waals surface area contributed by atoms with Crippen molar-refractivity contribution < 1.29 is 4.79 Å². The maximum atomic E-state index is 13.4. The molecule has 4 heteroatoms. The molecule has 0 spiro atoms. The van der Waals surface area contributed by atoms with E-state index in [1.54, 1.807) is 0 Å². The van der Waals surface area contributed by atoms with Crippen LogP contribution in [0.5, 0.6) is 0 Å². The van der Waals surface area contributed by atoms with Crippen LogP contribution in [0.25, 0.3) is 0 Å². The molecule has 1 aliphatic heterocycles. The molecular weight excluding hydrogens is 310 g/mol. The number of hydrogen-bond donors (Lipinski definition) is 1. The lowest BCUT2D eigenvalue weighted by Crippen LogP contribution is -2.47. The Morgan fingerprint density at radius 3 is 2.24 bits per heavy atom. The van der Waals surface area contributed by atoms with E-state index in [1.807, 2.05) is 4.90 Å². The molecule has 2 fully saturated rings. The van der Waals surface area contributed by atoms with Gasteiger partial charge in [-0.05, 0) is 37.5 Å². The summed E-state index contributed by atoms with van der Waals surface area (Å²) in [5.41, 5.74) is 5.75. The lowest BCUT2D eigenvalue weighted by atomic mass is 9.77. The summed E-state index contributed by atoms with van der Waals surface area (Å²) in [6.45, 7) is 2.99. The van der Waals surface area contributed by atoms with Gasteiger partial charge in [0.2, 0.25) is 0 Å². The van der Waals surface area contributed by atoms with Gasteiger partial charge in [0.05, 0.1) is 0 Å². The molecule has 1 amide bonds. The molecule has 2 saturated carbocycles. The van der Waals surface area contributed by atoms with Gasteiger partial charge >= 0.3 is 0 Å². The minimum absolute atomic E-state index is 0.217. The van der Waals surface area contributed by atoms with Crippen LogP contribution in [-0.2, 0) is 4.79 Å². The Morgan fingerprint density at radius 1 is 1.04 bits per heavy atom. The van der Waals surface area contributed by atoms with E-state index >= 15 is 0 Å². The number of carbonyl (C=O) groups is 1. The molecule has 3 rings (SSSR count). The zero-order valence-electron chi connectivity index (χ0n) is 16.1. The predicted molar refractivity (Wildman–Crippen MR) is 103 cm³/mol. The van der Waals surface area contributed by atoms with Gasteiger partial charge in [0, 0.05) is 6.54 Å². The third kappa shape index (κ3) is 4.38.